The summed E-state index contributed by atoms with van der Waals surface area (Å²) in [5.41, 5.74) is 2.65. The predicted molar refractivity (Wildman–Crippen MR) is 111 cm³/mol. The molecule has 3 heterocycles. The predicted octanol–water partition coefficient (Wildman–Crippen LogP) is 2.11. The number of aryl methyl sites for hydroxylation is 1. The van der Waals surface area contributed by atoms with Gasteiger partial charge in [-0.15, -0.1) is 0 Å². The summed E-state index contributed by atoms with van der Waals surface area (Å²) in [4.78, 5) is 4.08. The fourth-order valence-electron chi connectivity index (χ4n) is 4.30. The van der Waals surface area contributed by atoms with Crippen LogP contribution in [0.5, 0.6) is 0 Å². The lowest BCUT2D eigenvalue weighted by Gasteiger charge is -2.38. The van der Waals surface area contributed by atoms with Gasteiger partial charge < -0.3 is 15.0 Å². The number of nitrogens with one attached hydrogen (secondary N) is 1. The lowest BCUT2D eigenvalue weighted by atomic mass is 9.83. The number of imidazole rings is 1. The van der Waals surface area contributed by atoms with Crippen molar-refractivity contribution in [3.63, 3.8) is 0 Å². The van der Waals surface area contributed by atoms with Crippen LogP contribution in [0.3, 0.4) is 0 Å². The molecule has 4 rings (SSSR count). The number of benzene rings is 1. The zero-order valence-electron chi connectivity index (χ0n) is 16.7. The molecule has 1 aromatic heterocycles. The number of hydrogen-bond donors (Lipinski definition) is 2. The Bertz CT molecular complexity index is 1070. The number of aromatic nitrogens is 2. The fraction of sp³-hybridized carbons (Fsp3) is 0.476. The molecule has 7 nitrogen and oxygen atoms in total. The van der Waals surface area contributed by atoms with E-state index in [0.717, 1.165) is 29.7 Å². The van der Waals surface area contributed by atoms with Crippen LogP contribution in [0.1, 0.15) is 43.4 Å². The second-order valence-corrected chi connectivity index (χ2v) is 9.52. The van der Waals surface area contributed by atoms with Crippen LogP contribution < -0.4 is 5.32 Å². The maximum absolute atomic E-state index is 13.3. The molecule has 154 valence electrons. The number of sulfonamides is 1. The number of aliphatic hydroxyl groups is 1. The fourth-order valence-corrected chi connectivity index (χ4v) is 5.93. The van der Waals surface area contributed by atoms with Crippen molar-refractivity contribution in [1.82, 2.24) is 13.9 Å². The van der Waals surface area contributed by atoms with Crippen LogP contribution in [-0.2, 0) is 17.1 Å². The normalized spacial score (nSPS) is 23.6. The minimum atomic E-state index is -3.74. The van der Waals surface area contributed by atoms with E-state index in [1.165, 1.54) is 12.5 Å². The Labute approximate surface area is 171 Å². The maximum atomic E-state index is 13.3. The van der Waals surface area contributed by atoms with E-state index < -0.39 is 10.0 Å². The van der Waals surface area contributed by atoms with Gasteiger partial charge in [0.1, 0.15) is 0 Å². The lowest BCUT2D eigenvalue weighted by Crippen LogP contribution is -2.42. The van der Waals surface area contributed by atoms with Gasteiger partial charge in [-0.3, -0.25) is 0 Å². The summed E-state index contributed by atoms with van der Waals surface area (Å²) >= 11 is 0. The van der Waals surface area contributed by atoms with Gasteiger partial charge in [0.05, 0.1) is 25.0 Å². The summed E-state index contributed by atoms with van der Waals surface area (Å²) in [6.45, 7) is 2.44. The summed E-state index contributed by atoms with van der Waals surface area (Å²) in [5.74, 6) is 6.32. The molecule has 2 aliphatic heterocycles. The minimum absolute atomic E-state index is 0.00941. The van der Waals surface area contributed by atoms with Gasteiger partial charge in [0, 0.05) is 43.4 Å². The second-order valence-electron chi connectivity index (χ2n) is 7.68. The molecule has 0 spiro atoms. The highest BCUT2D eigenvalue weighted by atomic mass is 32.2. The van der Waals surface area contributed by atoms with Gasteiger partial charge in [-0.1, -0.05) is 18.8 Å². The number of rotatable bonds is 4. The summed E-state index contributed by atoms with van der Waals surface area (Å²) < 4.78 is 29.9. The molecule has 1 aromatic carbocycles. The molecule has 0 aliphatic carbocycles. The molecule has 0 saturated carbocycles. The zero-order valence-corrected chi connectivity index (χ0v) is 17.5. The van der Waals surface area contributed by atoms with Crippen LogP contribution >= 0.6 is 0 Å². The molecule has 3 atom stereocenters. The molecular weight excluding hydrogens is 388 g/mol. The summed E-state index contributed by atoms with van der Waals surface area (Å²) in [7, 11) is -1.99. The van der Waals surface area contributed by atoms with Crippen molar-refractivity contribution in [2.75, 3.05) is 18.5 Å². The average molecular weight is 415 g/mol. The number of nitrogens with zero attached hydrogens (tertiary/aromatic N) is 3. The van der Waals surface area contributed by atoms with Gasteiger partial charge in [-0.2, -0.15) is 4.31 Å². The van der Waals surface area contributed by atoms with Crippen LogP contribution in [0, 0.1) is 17.8 Å². The molecule has 0 bridgehead atoms. The molecule has 1 saturated heterocycles. The van der Waals surface area contributed by atoms with E-state index in [-0.39, 0.29) is 29.6 Å². The van der Waals surface area contributed by atoms with Crippen LogP contribution in [0.15, 0.2) is 35.7 Å². The number of unbranched alkanes of at least 4 members (excludes halogenated alkanes) is 1. The Kier molecular flexibility index (Phi) is 5.38. The molecule has 2 N–H and O–H groups in total. The van der Waals surface area contributed by atoms with Crippen molar-refractivity contribution >= 4 is 15.7 Å². The quantitative estimate of drug-likeness (QED) is 0.749. The van der Waals surface area contributed by atoms with Gasteiger partial charge >= 0.3 is 0 Å². The first-order chi connectivity index (χ1) is 14.0. The third-order valence-electron chi connectivity index (χ3n) is 5.69. The first-order valence-corrected chi connectivity index (χ1v) is 11.4. The monoisotopic (exact) mass is 414 g/mol. The molecule has 0 unspecified atom stereocenters. The number of fused-ring (bicyclic) bond motifs is 3. The standard InChI is InChI=1S/C21H26N4O3S/c1-3-4-5-6-15-7-8-18-17(11-15)21-16(19(13-26)23-18)9-10-25(21)29(27,28)20-12-24(2)14-22-20/h7-8,11-12,14,16,19,21,23,26H,3-4,9-10,13H2,1-2H3/t16-,19+,21-/m0/s1. The van der Waals surface area contributed by atoms with Gasteiger partial charge in [0.25, 0.3) is 10.0 Å². The highest BCUT2D eigenvalue weighted by Gasteiger charge is 2.49. The molecular formula is C21H26N4O3S. The first kappa shape index (κ1) is 20.0. The van der Waals surface area contributed by atoms with Crippen LogP contribution in [0.2, 0.25) is 0 Å². The van der Waals surface area contributed by atoms with E-state index in [0.29, 0.717) is 13.0 Å². The molecule has 0 amide bonds. The molecule has 2 aliphatic rings. The van der Waals surface area contributed by atoms with Gasteiger partial charge in [0.15, 0.2) is 5.03 Å². The molecule has 0 radical (unpaired) electrons. The second kappa shape index (κ2) is 7.82. The third-order valence-corrected chi connectivity index (χ3v) is 7.45. The van der Waals surface area contributed by atoms with E-state index in [4.69, 9.17) is 0 Å². The van der Waals surface area contributed by atoms with Crippen molar-refractivity contribution < 1.29 is 13.5 Å². The minimum Gasteiger partial charge on any atom is -0.394 e. The number of anilines is 1. The van der Waals surface area contributed by atoms with Crippen molar-refractivity contribution in [1.29, 1.82) is 0 Å². The first-order valence-electron chi connectivity index (χ1n) is 9.95. The molecule has 1 fully saturated rings. The van der Waals surface area contributed by atoms with Gasteiger partial charge in [-0.05, 0) is 36.6 Å². The van der Waals surface area contributed by atoms with Crippen molar-refractivity contribution in [2.24, 2.45) is 13.0 Å². The van der Waals surface area contributed by atoms with E-state index in [1.807, 2.05) is 18.2 Å². The molecule has 2 aromatic rings. The Morgan fingerprint density at radius 1 is 1.38 bits per heavy atom. The SMILES string of the molecule is CCCC#Cc1ccc2c(c1)[C@@H]1[C@@H](CCN1S(=O)(=O)c1cn(C)cn1)[C@@H](CO)N2. The van der Waals surface area contributed by atoms with Crippen LogP contribution in [0.4, 0.5) is 5.69 Å². The Morgan fingerprint density at radius 2 is 2.21 bits per heavy atom. The Morgan fingerprint density at radius 3 is 2.90 bits per heavy atom. The Balaban J connectivity index is 1.78. The highest BCUT2D eigenvalue weighted by Crippen LogP contribution is 2.48. The van der Waals surface area contributed by atoms with Crippen molar-refractivity contribution in [2.45, 2.75) is 43.3 Å². The Hall–Kier alpha value is -2.34. The van der Waals surface area contributed by atoms with E-state index in [1.54, 1.807) is 15.9 Å². The van der Waals surface area contributed by atoms with Crippen LogP contribution in [-0.4, -0.2) is 46.6 Å². The van der Waals surface area contributed by atoms with E-state index >= 15 is 0 Å². The maximum Gasteiger partial charge on any atom is 0.262 e. The van der Waals surface area contributed by atoms with E-state index in [9.17, 15) is 13.5 Å². The average Bonchev–Trinajstić information content (AvgIpc) is 3.35. The number of hydrogen-bond acceptors (Lipinski definition) is 5. The van der Waals surface area contributed by atoms with Crippen LogP contribution in [0.25, 0.3) is 0 Å². The van der Waals surface area contributed by atoms with Crippen molar-refractivity contribution in [3.05, 3.63) is 41.9 Å². The van der Waals surface area contributed by atoms with Crippen molar-refractivity contribution in [3.8, 4) is 11.8 Å². The summed E-state index contributed by atoms with van der Waals surface area (Å²) in [6.07, 6.45) is 5.53. The summed E-state index contributed by atoms with van der Waals surface area (Å²) in [6, 6.07) is 5.34. The van der Waals surface area contributed by atoms with Gasteiger partial charge in [0.2, 0.25) is 0 Å². The number of aliphatic hydroxyl groups excluding tert-OH is 1. The smallest absolute Gasteiger partial charge is 0.262 e. The molecule has 8 heteroatoms. The largest absolute Gasteiger partial charge is 0.394 e. The van der Waals surface area contributed by atoms with Gasteiger partial charge in [-0.25, -0.2) is 13.4 Å². The topological polar surface area (TPSA) is 87.5 Å². The van der Waals surface area contributed by atoms with E-state index in [2.05, 4.69) is 29.1 Å². The highest BCUT2D eigenvalue weighted by molar-refractivity contribution is 7.89. The zero-order chi connectivity index (χ0) is 20.6. The lowest BCUT2D eigenvalue weighted by molar-refractivity contribution is 0.210. The third kappa shape index (κ3) is 3.54. The summed E-state index contributed by atoms with van der Waals surface area (Å²) in [5, 5.41) is 13.3. The molecule has 29 heavy (non-hydrogen) atoms.